The number of fused-ring (bicyclic) bond motifs is 1. The highest BCUT2D eigenvalue weighted by molar-refractivity contribution is 5.73. The van der Waals surface area contributed by atoms with Crippen molar-refractivity contribution in [2.24, 2.45) is 0 Å². The average Bonchev–Trinajstić information content (AvgIpc) is 2.70. The Kier molecular flexibility index (Phi) is 5.21. The van der Waals surface area contributed by atoms with E-state index in [0.29, 0.717) is 57.1 Å². The van der Waals surface area contributed by atoms with Gasteiger partial charge in [-0.3, -0.25) is 4.79 Å². The second kappa shape index (κ2) is 7.81. The maximum absolute atomic E-state index is 13.8. The maximum Gasteiger partial charge on any atom is 0.219 e. The van der Waals surface area contributed by atoms with Crippen LogP contribution in [0.5, 0.6) is 5.75 Å². The molecule has 9 heteroatoms. The molecule has 0 atom stereocenters. The van der Waals surface area contributed by atoms with Crippen LogP contribution in [0.2, 0.25) is 0 Å². The number of nitrogens with zero attached hydrogens (tertiary/aromatic N) is 4. The SMILES string of the molecule is CC(=O)N1CCc2nc(N)c(N3CCC(Oc4ccc(F)cc4F)CC3)nc2C1. The molecule has 1 amide bonds. The lowest BCUT2D eigenvalue weighted by atomic mass is 10.1. The van der Waals surface area contributed by atoms with Crippen LogP contribution in [0.4, 0.5) is 20.4 Å². The van der Waals surface area contributed by atoms with Gasteiger partial charge < -0.3 is 20.3 Å². The number of hydrogen-bond donors (Lipinski definition) is 1. The van der Waals surface area contributed by atoms with E-state index in [0.717, 1.165) is 17.5 Å². The van der Waals surface area contributed by atoms with E-state index in [1.807, 2.05) is 4.90 Å². The number of nitrogen functional groups attached to an aromatic ring is 1. The molecular weight excluding hydrogens is 380 g/mol. The Labute approximate surface area is 167 Å². The van der Waals surface area contributed by atoms with Gasteiger partial charge in [0.1, 0.15) is 11.9 Å². The zero-order valence-electron chi connectivity index (χ0n) is 16.2. The third kappa shape index (κ3) is 4.08. The Morgan fingerprint density at radius 3 is 2.62 bits per heavy atom. The molecule has 1 aromatic heterocycles. The van der Waals surface area contributed by atoms with Crippen LogP contribution in [0.15, 0.2) is 18.2 Å². The van der Waals surface area contributed by atoms with Crippen LogP contribution >= 0.6 is 0 Å². The zero-order chi connectivity index (χ0) is 20.5. The van der Waals surface area contributed by atoms with Crippen molar-refractivity contribution in [3.63, 3.8) is 0 Å². The number of halogens is 2. The first-order valence-corrected chi connectivity index (χ1v) is 9.68. The minimum absolute atomic E-state index is 0.0156. The molecule has 154 valence electrons. The van der Waals surface area contributed by atoms with Crippen LogP contribution in [0.3, 0.4) is 0 Å². The summed E-state index contributed by atoms with van der Waals surface area (Å²) < 4.78 is 32.6. The molecule has 1 fully saturated rings. The van der Waals surface area contributed by atoms with Crippen molar-refractivity contribution in [2.75, 3.05) is 30.3 Å². The Morgan fingerprint density at radius 1 is 1.17 bits per heavy atom. The van der Waals surface area contributed by atoms with Crippen LogP contribution < -0.4 is 15.4 Å². The lowest BCUT2D eigenvalue weighted by Gasteiger charge is -2.34. The lowest BCUT2D eigenvalue weighted by molar-refractivity contribution is -0.129. The number of piperidine rings is 1. The quantitative estimate of drug-likeness (QED) is 0.847. The Morgan fingerprint density at radius 2 is 1.93 bits per heavy atom. The predicted octanol–water partition coefficient (Wildman–Crippen LogP) is 2.29. The Balaban J connectivity index is 1.43. The molecule has 1 saturated heterocycles. The van der Waals surface area contributed by atoms with Crippen LogP contribution in [0.1, 0.15) is 31.2 Å². The third-order valence-corrected chi connectivity index (χ3v) is 5.39. The molecule has 1 aromatic carbocycles. The summed E-state index contributed by atoms with van der Waals surface area (Å²) in [6, 6.07) is 3.31. The third-order valence-electron chi connectivity index (χ3n) is 5.39. The van der Waals surface area contributed by atoms with E-state index in [1.54, 1.807) is 11.8 Å². The molecule has 4 rings (SSSR count). The van der Waals surface area contributed by atoms with Gasteiger partial charge in [0, 0.05) is 51.9 Å². The summed E-state index contributed by atoms with van der Waals surface area (Å²) in [4.78, 5) is 24.7. The highest BCUT2D eigenvalue weighted by Crippen LogP contribution is 2.28. The number of ether oxygens (including phenoxy) is 1. The summed E-state index contributed by atoms with van der Waals surface area (Å²) >= 11 is 0. The minimum Gasteiger partial charge on any atom is -0.487 e. The number of carbonyl (C=O) groups is 1. The molecule has 3 heterocycles. The summed E-state index contributed by atoms with van der Waals surface area (Å²) in [7, 11) is 0. The average molecular weight is 403 g/mol. The molecule has 7 nitrogen and oxygen atoms in total. The van der Waals surface area contributed by atoms with E-state index in [9.17, 15) is 13.6 Å². The molecule has 0 unspecified atom stereocenters. The van der Waals surface area contributed by atoms with E-state index in [4.69, 9.17) is 15.5 Å². The number of amides is 1. The van der Waals surface area contributed by atoms with E-state index in [2.05, 4.69) is 4.98 Å². The van der Waals surface area contributed by atoms with E-state index in [-0.39, 0.29) is 17.8 Å². The molecule has 29 heavy (non-hydrogen) atoms. The Bertz CT molecular complexity index is 931. The van der Waals surface area contributed by atoms with Crippen molar-refractivity contribution in [2.45, 2.75) is 38.8 Å². The monoisotopic (exact) mass is 403 g/mol. The van der Waals surface area contributed by atoms with Gasteiger partial charge in [0.05, 0.1) is 17.9 Å². The molecule has 0 radical (unpaired) electrons. The van der Waals surface area contributed by atoms with Crippen molar-refractivity contribution in [3.05, 3.63) is 41.2 Å². The van der Waals surface area contributed by atoms with E-state index in [1.165, 1.54) is 12.1 Å². The van der Waals surface area contributed by atoms with Gasteiger partial charge in [-0.15, -0.1) is 0 Å². The van der Waals surface area contributed by atoms with Crippen molar-refractivity contribution >= 4 is 17.5 Å². The molecule has 0 bridgehead atoms. The van der Waals surface area contributed by atoms with Gasteiger partial charge in [0.25, 0.3) is 0 Å². The summed E-state index contributed by atoms with van der Waals surface area (Å²) in [5.41, 5.74) is 7.77. The zero-order valence-corrected chi connectivity index (χ0v) is 16.2. The van der Waals surface area contributed by atoms with Gasteiger partial charge in [-0.05, 0) is 12.1 Å². The van der Waals surface area contributed by atoms with Crippen molar-refractivity contribution in [1.82, 2.24) is 14.9 Å². The Hall–Kier alpha value is -2.97. The summed E-state index contributed by atoms with van der Waals surface area (Å²) in [6.45, 7) is 3.86. The molecule has 0 aliphatic carbocycles. The lowest BCUT2D eigenvalue weighted by Crippen LogP contribution is -2.40. The van der Waals surface area contributed by atoms with Gasteiger partial charge in [-0.2, -0.15) is 0 Å². The second-order valence-corrected chi connectivity index (χ2v) is 7.40. The van der Waals surface area contributed by atoms with E-state index >= 15 is 0 Å². The molecule has 2 aliphatic rings. The minimum atomic E-state index is -0.702. The fourth-order valence-electron chi connectivity index (χ4n) is 3.77. The number of carbonyl (C=O) groups excluding carboxylic acids is 1. The van der Waals surface area contributed by atoms with Crippen LogP contribution in [0.25, 0.3) is 0 Å². The molecular formula is C20H23F2N5O2. The van der Waals surface area contributed by atoms with E-state index < -0.39 is 11.6 Å². The van der Waals surface area contributed by atoms with Gasteiger partial charge in [-0.25, -0.2) is 18.7 Å². The number of rotatable bonds is 3. The topological polar surface area (TPSA) is 84.6 Å². The molecule has 2 aromatic rings. The summed E-state index contributed by atoms with van der Waals surface area (Å²) in [5.74, 6) is -0.268. The van der Waals surface area contributed by atoms with Gasteiger partial charge in [0.2, 0.25) is 5.91 Å². The first-order valence-electron chi connectivity index (χ1n) is 9.68. The highest BCUT2D eigenvalue weighted by atomic mass is 19.1. The van der Waals surface area contributed by atoms with Crippen LogP contribution in [0, 0.1) is 11.6 Å². The fraction of sp³-hybridized carbons (Fsp3) is 0.450. The number of aromatic nitrogens is 2. The smallest absolute Gasteiger partial charge is 0.219 e. The number of nitrogens with two attached hydrogens (primary N) is 1. The van der Waals surface area contributed by atoms with Gasteiger partial charge in [-0.1, -0.05) is 0 Å². The predicted molar refractivity (Wildman–Crippen MR) is 103 cm³/mol. The van der Waals surface area contributed by atoms with Crippen LogP contribution in [-0.2, 0) is 17.8 Å². The normalized spacial score (nSPS) is 17.2. The first-order chi connectivity index (χ1) is 13.9. The summed E-state index contributed by atoms with van der Waals surface area (Å²) in [6.07, 6.45) is 1.76. The molecule has 0 spiro atoms. The second-order valence-electron chi connectivity index (χ2n) is 7.40. The van der Waals surface area contributed by atoms with Gasteiger partial charge >= 0.3 is 0 Å². The number of benzene rings is 1. The van der Waals surface area contributed by atoms with Crippen LogP contribution in [-0.4, -0.2) is 46.5 Å². The fourth-order valence-corrected chi connectivity index (χ4v) is 3.77. The van der Waals surface area contributed by atoms with Crippen molar-refractivity contribution in [3.8, 4) is 5.75 Å². The molecule has 0 saturated carbocycles. The molecule has 2 N–H and O–H groups in total. The number of anilines is 2. The first kappa shape index (κ1) is 19.4. The largest absolute Gasteiger partial charge is 0.487 e. The molecule has 2 aliphatic heterocycles. The highest BCUT2D eigenvalue weighted by Gasteiger charge is 2.27. The number of hydrogen-bond acceptors (Lipinski definition) is 6. The summed E-state index contributed by atoms with van der Waals surface area (Å²) in [5, 5.41) is 0. The maximum atomic E-state index is 13.8. The standard InChI is InChI=1S/C20H23F2N5O2/c1-12(28)27-9-6-16-17(11-27)25-20(19(23)24-16)26-7-4-14(5-8-26)29-18-3-2-13(21)10-15(18)22/h2-3,10,14H,4-9,11H2,1H3,(H2,23,24). The van der Waals surface area contributed by atoms with Crippen molar-refractivity contribution in [1.29, 1.82) is 0 Å². The van der Waals surface area contributed by atoms with Crippen molar-refractivity contribution < 1.29 is 18.3 Å². The van der Waals surface area contributed by atoms with Gasteiger partial charge in [0.15, 0.2) is 23.2 Å².